The largest absolute Gasteiger partial charge is 0.370 e. The number of nitrogens with one attached hydrogen (secondary N) is 1. The zero-order valence-electron chi connectivity index (χ0n) is 8.83. The van der Waals surface area contributed by atoms with Crippen LogP contribution in [0.1, 0.15) is 17.7 Å². The van der Waals surface area contributed by atoms with Gasteiger partial charge in [-0.25, -0.2) is 4.98 Å². The molecule has 0 radical (unpaired) electrons. The SMILES string of the molecule is NCCCNc1ccc2c(n1)CSCC2. The third-order valence-electron chi connectivity index (χ3n) is 2.51. The predicted octanol–water partition coefficient (Wildman–Crippen LogP) is 1.63. The molecule has 1 aliphatic heterocycles. The normalized spacial score (nSPS) is 14.7. The Morgan fingerprint density at radius 1 is 1.47 bits per heavy atom. The van der Waals surface area contributed by atoms with E-state index in [-0.39, 0.29) is 0 Å². The molecule has 4 heteroatoms. The summed E-state index contributed by atoms with van der Waals surface area (Å²) in [6.45, 7) is 1.64. The highest BCUT2D eigenvalue weighted by Crippen LogP contribution is 2.24. The highest BCUT2D eigenvalue weighted by Gasteiger charge is 2.10. The van der Waals surface area contributed by atoms with Gasteiger partial charge in [-0.15, -0.1) is 0 Å². The van der Waals surface area contributed by atoms with Crippen molar-refractivity contribution < 1.29 is 0 Å². The number of nitrogens with zero attached hydrogens (tertiary/aromatic N) is 1. The number of aryl methyl sites for hydroxylation is 1. The molecule has 0 aliphatic carbocycles. The molecular weight excluding hydrogens is 206 g/mol. The van der Waals surface area contributed by atoms with E-state index in [4.69, 9.17) is 5.73 Å². The fraction of sp³-hybridized carbons (Fsp3) is 0.545. The second-order valence-electron chi connectivity index (χ2n) is 3.67. The van der Waals surface area contributed by atoms with Gasteiger partial charge in [-0.1, -0.05) is 6.07 Å². The van der Waals surface area contributed by atoms with Gasteiger partial charge >= 0.3 is 0 Å². The summed E-state index contributed by atoms with van der Waals surface area (Å²) in [5.74, 6) is 3.28. The van der Waals surface area contributed by atoms with Gasteiger partial charge in [0.1, 0.15) is 5.82 Å². The third kappa shape index (κ3) is 2.86. The van der Waals surface area contributed by atoms with Crippen LogP contribution in [0, 0.1) is 0 Å². The minimum Gasteiger partial charge on any atom is -0.370 e. The van der Waals surface area contributed by atoms with Crippen molar-refractivity contribution in [3.05, 3.63) is 23.4 Å². The van der Waals surface area contributed by atoms with E-state index in [1.165, 1.54) is 17.0 Å². The molecule has 3 nitrogen and oxygen atoms in total. The van der Waals surface area contributed by atoms with Crippen LogP contribution in [0.5, 0.6) is 0 Å². The summed E-state index contributed by atoms with van der Waals surface area (Å²) in [4.78, 5) is 4.61. The van der Waals surface area contributed by atoms with Crippen molar-refractivity contribution in [1.29, 1.82) is 0 Å². The Labute approximate surface area is 94.8 Å². The Kier molecular flexibility index (Phi) is 3.86. The van der Waals surface area contributed by atoms with Gasteiger partial charge in [0.2, 0.25) is 0 Å². The summed E-state index contributed by atoms with van der Waals surface area (Å²) < 4.78 is 0. The van der Waals surface area contributed by atoms with Crippen LogP contribution in [-0.4, -0.2) is 23.8 Å². The molecule has 3 N–H and O–H groups in total. The van der Waals surface area contributed by atoms with Crippen LogP contribution in [0.15, 0.2) is 12.1 Å². The molecule has 0 fully saturated rings. The van der Waals surface area contributed by atoms with Crippen LogP contribution in [-0.2, 0) is 12.2 Å². The topological polar surface area (TPSA) is 50.9 Å². The van der Waals surface area contributed by atoms with Crippen LogP contribution >= 0.6 is 11.8 Å². The molecule has 0 unspecified atom stereocenters. The zero-order chi connectivity index (χ0) is 10.5. The van der Waals surface area contributed by atoms with Gasteiger partial charge in [0, 0.05) is 12.3 Å². The standard InChI is InChI=1S/C11H17N3S/c12-5-1-6-13-11-3-2-9-4-7-15-8-10(9)14-11/h2-3H,1,4-8,12H2,(H,13,14). The van der Waals surface area contributed by atoms with E-state index in [0.29, 0.717) is 0 Å². The summed E-state index contributed by atoms with van der Waals surface area (Å²) in [6.07, 6.45) is 2.16. The molecule has 82 valence electrons. The molecule has 2 rings (SSSR count). The number of hydrogen-bond acceptors (Lipinski definition) is 4. The number of aromatic nitrogens is 1. The van der Waals surface area contributed by atoms with Gasteiger partial charge in [0.15, 0.2) is 0 Å². The van der Waals surface area contributed by atoms with E-state index in [2.05, 4.69) is 22.4 Å². The Hall–Kier alpha value is -0.740. The zero-order valence-corrected chi connectivity index (χ0v) is 9.65. The number of fused-ring (bicyclic) bond motifs is 1. The molecule has 0 saturated carbocycles. The fourth-order valence-electron chi connectivity index (χ4n) is 1.65. The minimum atomic E-state index is 0.730. The minimum absolute atomic E-state index is 0.730. The van der Waals surface area contributed by atoms with Gasteiger partial charge < -0.3 is 11.1 Å². The Bertz CT molecular complexity index is 328. The van der Waals surface area contributed by atoms with E-state index in [9.17, 15) is 0 Å². The lowest BCUT2D eigenvalue weighted by Crippen LogP contribution is -2.11. The maximum Gasteiger partial charge on any atom is 0.126 e. The molecular formula is C11H17N3S. The summed E-state index contributed by atoms with van der Waals surface area (Å²) in [5.41, 5.74) is 8.11. The predicted molar refractivity (Wildman–Crippen MR) is 66.3 cm³/mol. The maximum absolute atomic E-state index is 5.44. The lowest BCUT2D eigenvalue weighted by atomic mass is 10.1. The molecule has 15 heavy (non-hydrogen) atoms. The molecule has 0 aromatic carbocycles. The van der Waals surface area contributed by atoms with Crippen LogP contribution in [0.3, 0.4) is 0 Å². The molecule has 0 spiro atoms. The van der Waals surface area contributed by atoms with Gasteiger partial charge in [0.05, 0.1) is 5.69 Å². The van der Waals surface area contributed by atoms with Crippen molar-refractivity contribution in [3.63, 3.8) is 0 Å². The van der Waals surface area contributed by atoms with Crippen molar-refractivity contribution in [1.82, 2.24) is 4.98 Å². The molecule has 1 aliphatic rings. The lowest BCUT2D eigenvalue weighted by molar-refractivity contribution is 0.867. The molecule has 0 amide bonds. The first-order valence-electron chi connectivity index (χ1n) is 5.40. The lowest BCUT2D eigenvalue weighted by Gasteiger charge is -2.15. The molecule has 2 heterocycles. The smallest absolute Gasteiger partial charge is 0.126 e. The average molecular weight is 223 g/mol. The maximum atomic E-state index is 5.44. The fourth-order valence-corrected chi connectivity index (χ4v) is 2.60. The van der Waals surface area contributed by atoms with Crippen molar-refractivity contribution in [2.75, 3.05) is 24.2 Å². The van der Waals surface area contributed by atoms with Crippen LogP contribution in [0.25, 0.3) is 0 Å². The van der Waals surface area contributed by atoms with E-state index in [1.54, 1.807) is 0 Å². The quantitative estimate of drug-likeness (QED) is 0.762. The van der Waals surface area contributed by atoms with Crippen LogP contribution < -0.4 is 11.1 Å². The Balaban J connectivity index is 2.00. The summed E-state index contributed by atoms with van der Waals surface area (Å²) in [7, 11) is 0. The number of anilines is 1. The summed E-state index contributed by atoms with van der Waals surface area (Å²) in [5, 5.41) is 3.30. The van der Waals surface area contributed by atoms with Crippen molar-refractivity contribution in [2.45, 2.75) is 18.6 Å². The second kappa shape index (κ2) is 5.37. The molecule has 1 aromatic heterocycles. The molecule has 1 aromatic rings. The van der Waals surface area contributed by atoms with E-state index in [0.717, 1.165) is 37.5 Å². The first kappa shape index (κ1) is 10.8. The summed E-state index contributed by atoms with van der Waals surface area (Å²) >= 11 is 1.96. The van der Waals surface area contributed by atoms with Gasteiger partial charge in [-0.3, -0.25) is 0 Å². The molecule has 0 bridgehead atoms. The van der Waals surface area contributed by atoms with Crippen molar-refractivity contribution in [2.24, 2.45) is 5.73 Å². The first-order chi connectivity index (χ1) is 7.40. The number of thioether (sulfide) groups is 1. The van der Waals surface area contributed by atoms with Crippen molar-refractivity contribution in [3.8, 4) is 0 Å². The number of hydrogen-bond donors (Lipinski definition) is 2. The molecule has 0 atom stereocenters. The number of pyridine rings is 1. The Morgan fingerprint density at radius 3 is 3.27 bits per heavy atom. The highest BCUT2D eigenvalue weighted by atomic mass is 32.2. The van der Waals surface area contributed by atoms with Gasteiger partial charge in [-0.05, 0) is 36.8 Å². The van der Waals surface area contributed by atoms with Crippen LogP contribution in [0.4, 0.5) is 5.82 Å². The monoisotopic (exact) mass is 223 g/mol. The molecule has 0 saturated heterocycles. The van der Waals surface area contributed by atoms with E-state index >= 15 is 0 Å². The van der Waals surface area contributed by atoms with E-state index < -0.39 is 0 Å². The number of nitrogens with two attached hydrogens (primary N) is 1. The first-order valence-corrected chi connectivity index (χ1v) is 6.56. The van der Waals surface area contributed by atoms with Crippen LogP contribution in [0.2, 0.25) is 0 Å². The second-order valence-corrected chi connectivity index (χ2v) is 4.78. The third-order valence-corrected chi connectivity index (χ3v) is 3.48. The average Bonchev–Trinajstić information content (AvgIpc) is 2.29. The Morgan fingerprint density at radius 2 is 2.40 bits per heavy atom. The highest BCUT2D eigenvalue weighted by molar-refractivity contribution is 7.98. The van der Waals surface area contributed by atoms with E-state index in [1.807, 2.05) is 11.8 Å². The van der Waals surface area contributed by atoms with Gasteiger partial charge in [-0.2, -0.15) is 11.8 Å². The summed E-state index contributed by atoms with van der Waals surface area (Å²) in [6, 6.07) is 4.28. The van der Waals surface area contributed by atoms with Gasteiger partial charge in [0.25, 0.3) is 0 Å². The van der Waals surface area contributed by atoms with Crippen molar-refractivity contribution >= 4 is 17.6 Å². The number of rotatable bonds is 4.